The van der Waals surface area contributed by atoms with Gasteiger partial charge in [-0.15, -0.1) is 6.42 Å². The first-order valence-electron chi connectivity index (χ1n) is 9.05. The number of hydrogen-bond acceptors (Lipinski definition) is 4. The van der Waals surface area contributed by atoms with Crippen molar-refractivity contribution in [1.82, 2.24) is 9.88 Å². The molecular weight excluding hydrogens is 312 g/mol. The number of rotatable bonds is 2. The summed E-state index contributed by atoms with van der Waals surface area (Å²) in [4.78, 5) is 19.5. The van der Waals surface area contributed by atoms with Crippen LogP contribution in [-0.2, 0) is 16.8 Å². The van der Waals surface area contributed by atoms with Crippen LogP contribution in [0.4, 0.5) is 0 Å². The van der Waals surface area contributed by atoms with Gasteiger partial charge in [-0.05, 0) is 56.6 Å². The van der Waals surface area contributed by atoms with Gasteiger partial charge >= 0.3 is 0 Å². The molecule has 0 atom stereocenters. The number of fused-ring (bicyclic) bond motifs is 1. The molecule has 1 aromatic heterocycles. The van der Waals surface area contributed by atoms with Crippen LogP contribution in [0.3, 0.4) is 0 Å². The number of hydrogen-bond donors (Lipinski definition) is 1. The number of piperidine rings is 1. The smallest absolute Gasteiger partial charge is 0.177 e. The lowest BCUT2D eigenvalue weighted by atomic mass is 9.87. The Kier molecular flexibility index (Phi) is 3.56. The van der Waals surface area contributed by atoms with Gasteiger partial charge in [0, 0.05) is 19.5 Å². The van der Waals surface area contributed by atoms with Crippen molar-refractivity contribution in [3.63, 3.8) is 0 Å². The molecule has 25 heavy (non-hydrogen) atoms. The topological polar surface area (TPSA) is 53.4 Å². The Balaban J connectivity index is 1.79. The van der Waals surface area contributed by atoms with Crippen molar-refractivity contribution >= 4 is 11.5 Å². The van der Waals surface area contributed by atoms with Crippen LogP contribution in [0, 0.1) is 17.8 Å². The van der Waals surface area contributed by atoms with Crippen LogP contribution in [0.25, 0.3) is 5.70 Å². The molecule has 0 aromatic carbocycles. The van der Waals surface area contributed by atoms with E-state index in [9.17, 15) is 9.90 Å². The average molecular weight is 336 g/mol. The predicted octanol–water partition coefficient (Wildman–Crippen LogP) is 2.65. The summed E-state index contributed by atoms with van der Waals surface area (Å²) in [6, 6.07) is 3.72. The number of terminal acetylenes is 1. The average Bonchev–Trinajstić information content (AvgIpc) is 3.32. The van der Waals surface area contributed by atoms with E-state index in [1.807, 2.05) is 6.07 Å². The summed E-state index contributed by atoms with van der Waals surface area (Å²) in [7, 11) is 0. The van der Waals surface area contributed by atoms with Crippen LogP contribution in [0.15, 0.2) is 17.7 Å². The van der Waals surface area contributed by atoms with Crippen LogP contribution in [0.5, 0.6) is 0 Å². The van der Waals surface area contributed by atoms with E-state index in [4.69, 9.17) is 11.4 Å². The van der Waals surface area contributed by atoms with Gasteiger partial charge < -0.3 is 10.0 Å². The molecular formula is C21H24N2O2. The highest BCUT2D eigenvalue weighted by molar-refractivity contribution is 6.09. The zero-order chi connectivity index (χ0) is 17.8. The van der Waals surface area contributed by atoms with Crippen LogP contribution < -0.4 is 0 Å². The highest BCUT2D eigenvalue weighted by Gasteiger charge is 2.45. The van der Waals surface area contributed by atoms with E-state index in [2.05, 4.69) is 10.8 Å². The molecule has 2 fully saturated rings. The number of Topliss-reactive ketones (excluding diaryl/α,β-unsaturated/α-hetero) is 1. The second kappa shape index (κ2) is 5.44. The Morgan fingerprint density at radius 1 is 1.24 bits per heavy atom. The van der Waals surface area contributed by atoms with E-state index in [0.29, 0.717) is 16.7 Å². The van der Waals surface area contributed by atoms with Gasteiger partial charge in [0.15, 0.2) is 5.78 Å². The van der Waals surface area contributed by atoms with Crippen molar-refractivity contribution in [3.05, 3.63) is 34.7 Å². The Labute approximate surface area is 148 Å². The van der Waals surface area contributed by atoms with Crippen molar-refractivity contribution in [2.75, 3.05) is 13.1 Å². The Morgan fingerprint density at radius 3 is 2.48 bits per heavy atom. The summed E-state index contributed by atoms with van der Waals surface area (Å²) in [5.41, 5.74) is 3.05. The third-order valence-corrected chi connectivity index (χ3v) is 5.94. The molecule has 1 aliphatic heterocycles. The van der Waals surface area contributed by atoms with Gasteiger partial charge in [-0.1, -0.05) is 12.0 Å². The first-order valence-corrected chi connectivity index (χ1v) is 9.05. The maximum atomic E-state index is 12.6. The SMILES string of the molecule is C#CC1=C(N2CCC3(CC2)CC3)c2nc(C(C)(C)O)ccc2CC1=O. The largest absolute Gasteiger partial charge is 0.384 e. The van der Waals surface area contributed by atoms with Gasteiger partial charge in [-0.2, -0.15) is 0 Å². The van der Waals surface area contributed by atoms with Gasteiger partial charge in [0.05, 0.1) is 22.7 Å². The zero-order valence-electron chi connectivity index (χ0n) is 14.9. The van der Waals surface area contributed by atoms with Crippen molar-refractivity contribution in [1.29, 1.82) is 0 Å². The van der Waals surface area contributed by atoms with E-state index in [1.54, 1.807) is 19.9 Å². The molecule has 0 unspecified atom stereocenters. The normalized spacial score (nSPS) is 22.0. The molecule has 3 aliphatic rings. The summed E-state index contributed by atoms with van der Waals surface area (Å²) >= 11 is 0. The summed E-state index contributed by atoms with van der Waals surface area (Å²) < 4.78 is 0. The number of carbonyl (C=O) groups is 1. The molecule has 4 nitrogen and oxygen atoms in total. The molecule has 4 rings (SSSR count). The molecule has 0 radical (unpaired) electrons. The minimum Gasteiger partial charge on any atom is -0.384 e. The molecule has 2 heterocycles. The Bertz CT molecular complexity index is 809. The second-order valence-electron chi connectivity index (χ2n) is 8.22. The van der Waals surface area contributed by atoms with Gasteiger partial charge in [-0.3, -0.25) is 4.79 Å². The molecule has 1 saturated carbocycles. The fourth-order valence-corrected chi connectivity index (χ4v) is 4.03. The molecule has 130 valence electrons. The molecule has 1 saturated heterocycles. The van der Waals surface area contributed by atoms with Crippen molar-refractivity contribution < 1.29 is 9.90 Å². The number of aliphatic hydroxyl groups is 1. The number of likely N-dealkylation sites (tertiary alicyclic amines) is 1. The van der Waals surface area contributed by atoms with Crippen LogP contribution in [0.2, 0.25) is 0 Å². The lowest BCUT2D eigenvalue weighted by molar-refractivity contribution is -0.114. The highest BCUT2D eigenvalue weighted by atomic mass is 16.3. The van der Waals surface area contributed by atoms with Gasteiger partial charge in [0.2, 0.25) is 0 Å². The van der Waals surface area contributed by atoms with Gasteiger partial charge in [0.25, 0.3) is 0 Å². The minimum atomic E-state index is -1.03. The van der Waals surface area contributed by atoms with Crippen molar-refractivity contribution in [3.8, 4) is 12.3 Å². The van der Waals surface area contributed by atoms with Crippen LogP contribution in [0.1, 0.15) is 56.5 Å². The molecule has 1 aromatic rings. The molecule has 0 bridgehead atoms. The second-order valence-corrected chi connectivity index (χ2v) is 8.22. The number of aromatic nitrogens is 1. The number of allylic oxidation sites excluding steroid dienone is 1. The Morgan fingerprint density at radius 2 is 1.92 bits per heavy atom. The van der Waals surface area contributed by atoms with Crippen LogP contribution in [-0.4, -0.2) is 33.9 Å². The summed E-state index contributed by atoms with van der Waals surface area (Å²) in [5.74, 6) is 2.62. The standard InChI is InChI=1S/C21H24N2O2/c1-4-15-16(24)13-14-5-6-17(20(2,3)25)22-18(14)19(15)23-11-9-21(7-8-21)10-12-23/h1,5-6,25H,7-13H2,2-3H3. The van der Waals surface area contributed by atoms with E-state index in [0.717, 1.165) is 42.9 Å². The fourth-order valence-electron chi connectivity index (χ4n) is 4.03. The van der Waals surface area contributed by atoms with Crippen molar-refractivity contribution in [2.24, 2.45) is 5.41 Å². The van der Waals surface area contributed by atoms with E-state index in [-0.39, 0.29) is 12.2 Å². The maximum Gasteiger partial charge on any atom is 0.177 e. The molecule has 0 amide bonds. The van der Waals surface area contributed by atoms with E-state index in [1.165, 1.54) is 12.8 Å². The number of nitrogens with zero attached hydrogens (tertiary/aromatic N) is 2. The number of carbonyl (C=O) groups excluding carboxylic acids is 1. The third-order valence-electron chi connectivity index (χ3n) is 5.94. The van der Waals surface area contributed by atoms with Crippen LogP contribution >= 0.6 is 0 Å². The van der Waals surface area contributed by atoms with Crippen molar-refractivity contribution in [2.45, 2.75) is 51.6 Å². The van der Waals surface area contributed by atoms with E-state index < -0.39 is 5.60 Å². The number of pyridine rings is 1. The number of ketones is 1. The highest BCUT2D eigenvalue weighted by Crippen LogP contribution is 2.54. The quantitative estimate of drug-likeness (QED) is 0.844. The molecule has 2 aliphatic carbocycles. The predicted molar refractivity (Wildman–Crippen MR) is 96.4 cm³/mol. The summed E-state index contributed by atoms with van der Waals surface area (Å²) in [5, 5.41) is 10.3. The summed E-state index contributed by atoms with van der Waals surface area (Å²) in [6.45, 7) is 5.28. The minimum absolute atomic E-state index is 0.00508. The first-order chi connectivity index (χ1) is 11.8. The fraction of sp³-hybridized carbons (Fsp3) is 0.524. The lowest BCUT2D eigenvalue weighted by Gasteiger charge is -2.37. The zero-order valence-corrected chi connectivity index (χ0v) is 14.9. The molecule has 1 spiro atoms. The van der Waals surface area contributed by atoms with Gasteiger partial charge in [0.1, 0.15) is 5.60 Å². The monoisotopic (exact) mass is 336 g/mol. The van der Waals surface area contributed by atoms with Gasteiger partial charge in [-0.25, -0.2) is 4.98 Å². The lowest BCUT2D eigenvalue weighted by Crippen LogP contribution is -2.36. The molecule has 4 heteroatoms. The summed E-state index contributed by atoms with van der Waals surface area (Å²) in [6.07, 6.45) is 11.0. The Hall–Kier alpha value is -2.12. The third kappa shape index (κ3) is 2.77. The molecule has 1 N–H and O–H groups in total. The van der Waals surface area contributed by atoms with E-state index >= 15 is 0 Å². The first kappa shape index (κ1) is 16.4. The maximum absolute atomic E-state index is 12.6.